The first-order valence-corrected chi connectivity index (χ1v) is 13.5. The van der Waals surface area contributed by atoms with Crippen LogP contribution in [0.3, 0.4) is 0 Å². The second-order valence-corrected chi connectivity index (χ2v) is 9.70. The van der Waals surface area contributed by atoms with Gasteiger partial charge in [0, 0.05) is 44.6 Å². The molecule has 0 aliphatic carbocycles. The molecule has 38 heavy (non-hydrogen) atoms. The van der Waals surface area contributed by atoms with Crippen LogP contribution in [0.4, 0.5) is 5.13 Å². The molecule has 1 N–H and O–H groups in total. The number of benzene rings is 3. The Morgan fingerprint density at radius 2 is 1.68 bits per heavy atom. The Morgan fingerprint density at radius 1 is 0.947 bits per heavy atom. The van der Waals surface area contributed by atoms with Crippen LogP contribution in [0.25, 0.3) is 0 Å². The molecule has 0 bridgehead atoms. The summed E-state index contributed by atoms with van der Waals surface area (Å²) in [5.74, 6) is 1.56. The number of hydrogen-bond acceptors (Lipinski definition) is 7. The zero-order chi connectivity index (χ0) is 26.6. The van der Waals surface area contributed by atoms with Gasteiger partial charge in [0.1, 0.15) is 11.6 Å². The molecular formula is C30H34N4O3S. The standard InChI is InChI=1S/C30H34N4O3S/c1-36-19-18-34(30-32-28(33-38-30)22-24-12-9-15-26(20-24)37-2)17-16-29(35)31-27(25-13-7-4-8-14-25)21-23-10-5-3-6-11-23/h3-15,20,27H,16-19,21-22H2,1-2H3,(H,31,35). The Bertz CT molecular complexity index is 1270. The average Bonchev–Trinajstić information content (AvgIpc) is 3.42. The van der Waals surface area contributed by atoms with Crippen molar-refractivity contribution in [3.05, 3.63) is 107 Å². The first kappa shape index (κ1) is 27.3. The zero-order valence-electron chi connectivity index (χ0n) is 21.9. The van der Waals surface area contributed by atoms with Gasteiger partial charge in [0.05, 0.1) is 19.8 Å². The number of carbonyl (C=O) groups excluding carboxylic acids is 1. The number of nitrogens with zero attached hydrogens (tertiary/aromatic N) is 3. The molecular weight excluding hydrogens is 496 g/mol. The molecule has 4 aromatic rings. The third kappa shape index (κ3) is 8.13. The molecule has 7 nitrogen and oxygen atoms in total. The van der Waals surface area contributed by atoms with E-state index in [1.54, 1.807) is 14.2 Å². The Morgan fingerprint density at radius 3 is 2.42 bits per heavy atom. The summed E-state index contributed by atoms with van der Waals surface area (Å²) >= 11 is 1.35. The molecule has 0 saturated carbocycles. The number of anilines is 1. The molecule has 1 unspecified atom stereocenters. The van der Waals surface area contributed by atoms with E-state index >= 15 is 0 Å². The molecule has 3 aromatic carbocycles. The zero-order valence-corrected chi connectivity index (χ0v) is 22.7. The minimum Gasteiger partial charge on any atom is -0.497 e. The highest BCUT2D eigenvalue weighted by Gasteiger charge is 2.18. The monoisotopic (exact) mass is 530 g/mol. The first-order valence-electron chi connectivity index (χ1n) is 12.7. The maximum Gasteiger partial charge on any atom is 0.222 e. The van der Waals surface area contributed by atoms with Gasteiger partial charge in [0.2, 0.25) is 11.0 Å². The van der Waals surface area contributed by atoms with Crippen LogP contribution < -0.4 is 15.0 Å². The van der Waals surface area contributed by atoms with E-state index in [4.69, 9.17) is 14.5 Å². The van der Waals surface area contributed by atoms with Crippen molar-refractivity contribution in [2.45, 2.75) is 25.3 Å². The van der Waals surface area contributed by atoms with Gasteiger partial charge in [-0.2, -0.15) is 4.37 Å². The molecule has 0 spiro atoms. The molecule has 0 saturated heterocycles. The number of carbonyl (C=O) groups is 1. The van der Waals surface area contributed by atoms with Gasteiger partial charge in [-0.25, -0.2) is 4.98 Å². The van der Waals surface area contributed by atoms with Gasteiger partial charge in [-0.1, -0.05) is 72.8 Å². The number of nitrogens with one attached hydrogen (secondary N) is 1. The van der Waals surface area contributed by atoms with Gasteiger partial charge in [-0.3, -0.25) is 4.79 Å². The third-order valence-corrected chi connectivity index (χ3v) is 7.03. The van der Waals surface area contributed by atoms with Crippen molar-refractivity contribution in [2.75, 3.05) is 38.8 Å². The minimum atomic E-state index is -0.102. The lowest BCUT2D eigenvalue weighted by atomic mass is 9.98. The number of hydrogen-bond donors (Lipinski definition) is 1. The molecule has 8 heteroatoms. The van der Waals surface area contributed by atoms with Crippen LogP contribution in [-0.4, -0.2) is 49.2 Å². The molecule has 0 aliphatic heterocycles. The number of amides is 1. The molecule has 1 aromatic heterocycles. The SMILES string of the molecule is COCCN(CCC(=O)NC(Cc1ccccc1)c1ccccc1)c1nc(Cc2cccc(OC)c2)ns1. The summed E-state index contributed by atoms with van der Waals surface area (Å²) in [4.78, 5) is 20.0. The summed E-state index contributed by atoms with van der Waals surface area (Å²) in [6, 6.07) is 28.2. The maximum absolute atomic E-state index is 13.1. The van der Waals surface area contributed by atoms with E-state index in [9.17, 15) is 4.79 Å². The predicted molar refractivity (Wildman–Crippen MR) is 152 cm³/mol. The molecule has 198 valence electrons. The van der Waals surface area contributed by atoms with Gasteiger partial charge in [-0.05, 0) is 35.2 Å². The van der Waals surface area contributed by atoms with Crippen molar-refractivity contribution in [2.24, 2.45) is 0 Å². The number of aromatic nitrogens is 2. The van der Waals surface area contributed by atoms with Gasteiger partial charge >= 0.3 is 0 Å². The molecule has 0 fully saturated rings. The van der Waals surface area contributed by atoms with Crippen LogP contribution in [0.1, 0.15) is 35.0 Å². The van der Waals surface area contributed by atoms with Crippen molar-refractivity contribution in [1.29, 1.82) is 0 Å². The summed E-state index contributed by atoms with van der Waals surface area (Å²) in [5.41, 5.74) is 3.36. The Kier molecular flexibility index (Phi) is 10.2. The van der Waals surface area contributed by atoms with Crippen LogP contribution in [0.2, 0.25) is 0 Å². The highest BCUT2D eigenvalue weighted by Crippen LogP contribution is 2.22. The van der Waals surface area contributed by atoms with Crippen LogP contribution >= 0.6 is 11.5 Å². The largest absolute Gasteiger partial charge is 0.497 e. The van der Waals surface area contributed by atoms with E-state index in [-0.39, 0.29) is 11.9 Å². The second-order valence-electron chi connectivity index (χ2n) is 8.97. The average molecular weight is 531 g/mol. The Balaban J connectivity index is 1.40. The van der Waals surface area contributed by atoms with Crippen molar-refractivity contribution in [3.63, 3.8) is 0 Å². The number of rotatable bonds is 14. The van der Waals surface area contributed by atoms with Crippen LogP contribution in [0.15, 0.2) is 84.9 Å². The first-order chi connectivity index (χ1) is 18.6. The molecule has 0 radical (unpaired) electrons. The third-order valence-electron chi connectivity index (χ3n) is 6.22. The normalized spacial score (nSPS) is 11.6. The van der Waals surface area contributed by atoms with Gasteiger partial charge in [0.15, 0.2) is 0 Å². The van der Waals surface area contributed by atoms with Gasteiger partial charge in [0.25, 0.3) is 0 Å². The highest BCUT2D eigenvalue weighted by atomic mass is 32.1. The van der Waals surface area contributed by atoms with Crippen molar-refractivity contribution < 1.29 is 14.3 Å². The van der Waals surface area contributed by atoms with E-state index in [1.807, 2.05) is 60.7 Å². The van der Waals surface area contributed by atoms with Crippen LogP contribution in [0.5, 0.6) is 5.75 Å². The second kappa shape index (κ2) is 14.3. The Hall–Kier alpha value is -3.75. The van der Waals surface area contributed by atoms with E-state index in [0.29, 0.717) is 32.5 Å². The fourth-order valence-electron chi connectivity index (χ4n) is 4.20. The summed E-state index contributed by atoms with van der Waals surface area (Å²) in [5, 5.41) is 4.04. The van der Waals surface area contributed by atoms with Crippen LogP contribution in [-0.2, 0) is 22.4 Å². The minimum absolute atomic E-state index is 0.00156. The topological polar surface area (TPSA) is 76.6 Å². The molecule has 4 rings (SSSR count). The summed E-state index contributed by atoms with van der Waals surface area (Å²) in [7, 11) is 3.33. The summed E-state index contributed by atoms with van der Waals surface area (Å²) in [6.45, 7) is 1.69. The summed E-state index contributed by atoms with van der Waals surface area (Å²) < 4.78 is 15.2. The van der Waals surface area contributed by atoms with E-state index in [2.05, 4.69) is 38.9 Å². The summed E-state index contributed by atoms with van der Waals surface area (Å²) in [6.07, 6.45) is 1.69. The molecule has 0 aliphatic rings. The predicted octanol–water partition coefficient (Wildman–Crippen LogP) is 5.08. The smallest absolute Gasteiger partial charge is 0.222 e. The van der Waals surface area contributed by atoms with E-state index in [0.717, 1.165) is 34.3 Å². The lowest BCUT2D eigenvalue weighted by Gasteiger charge is -2.23. The maximum atomic E-state index is 13.1. The Labute approximate surface area is 228 Å². The van der Waals surface area contributed by atoms with Gasteiger partial charge < -0.3 is 19.7 Å². The molecule has 1 atom stereocenters. The van der Waals surface area contributed by atoms with Crippen molar-refractivity contribution in [3.8, 4) is 5.75 Å². The van der Waals surface area contributed by atoms with E-state index in [1.165, 1.54) is 17.1 Å². The van der Waals surface area contributed by atoms with Crippen LogP contribution in [0, 0.1) is 0 Å². The fourth-order valence-corrected chi connectivity index (χ4v) is 4.94. The van der Waals surface area contributed by atoms with Gasteiger partial charge in [-0.15, -0.1) is 0 Å². The molecule has 1 amide bonds. The highest BCUT2D eigenvalue weighted by molar-refractivity contribution is 7.09. The number of ether oxygens (including phenoxy) is 2. The number of methoxy groups -OCH3 is 2. The van der Waals surface area contributed by atoms with Crippen molar-refractivity contribution >= 4 is 22.6 Å². The quantitative estimate of drug-likeness (QED) is 0.245. The van der Waals surface area contributed by atoms with Crippen molar-refractivity contribution in [1.82, 2.24) is 14.7 Å². The fraction of sp³-hybridized carbons (Fsp3) is 0.300. The lowest BCUT2D eigenvalue weighted by Crippen LogP contribution is -2.35. The van der Waals surface area contributed by atoms with E-state index < -0.39 is 0 Å². The molecule has 1 heterocycles. The lowest BCUT2D eigenvalue weighted by molar-refractivity contribution is -0.121.